The van der Waals surface area contributed by atoms with E-state index in [-0.39, 0.29) is 0 Å². The fourth-order valence-electron chi connectivity index (χ4n) is 0.371. The molecule has 3 N–H and O–H groups in total. The molecule has 0 aromatic rings. The summed E-state index contributed by atoms with van der Waals surface area (Å²) in [6, 6.07) is -0.762. The Morgan fingerprint density at radius 3 is 2.67 bits per heavy atom. The van der Waals surface area contributed by atoms with Crippen molar-refractivity contribution in [2.45, 2.75) is 6.17 Å². The molecule has 0 radical (unpaired) electrons. The van der Waals surface area contributed by atoms with E-state index < -0.39 is 18.1 Å². The van der Waals surface area contributed by atoms with E-state index in [1.807, 2.05) is 5.32 Å². The van der Waals surface area contributed by atoms with Gasteiger partial charge < -0.3 is 5.73 Å². The number of rotatable bonds is 0. The Balaban J connectivity index is 2.76. The van der Waals surface area contributed by atoms with Gasteiger partial charge in [-0.3, -0.25) is 10.1 Å². The molecule has 6 heteroatoms. The Labute approximate surface area is 50.1 Å². The molecule has 3 amide bonds. The lowest BCUT2D eigenvalue weighted by Crippen LogP contribution is -2.44. The second-order valence-electron chi connectivity index (χ2n) is 1.45. The van der Waals surface area contributed by atoms with E-state index in [0.717, 1.165) is 0 Å². The van der Waals surface area contributed by atoms with Crippen molar-refractivity contribution in [1.29, 1.82) is 0 Å². The highest BCUT2D eigenvalue weighted by Gasteiger charge is 2.19. The quantitative estimate of drug-likeness (QED) is 0.436. The maximum absolute atomic E-state index is 10.4. The summed E-state index contributed by atoms with van der Waals surface area (Å²) in [4.78, 5) is 20.6. The SMILES string of the molecule is NC1N=NC(=O)NC1=O. The summed E-state index contributed by atoms with van der Waals surface area (Å²) < 4.78 is 0. The van der Waals surface area contributed by atoms with E-state index in [2.05, 4.69) is 10.2 Å². The number of imide groups is 1. The Morgan fingerprint density at radius 1 is 1.56 bits per heavy atom. The van der Waals surface area contributed by atoms with Crippen LogP contribution in [0.2, 0.25) is 0 Å². The number of nitrogens with one attached hydrogen (secondary N) is 1. The smallest absolute Gasteiger partial charge is 0.300 e. The Kier molecular flexibility index (Phi) is 1.23. The number of carbonyl (C=O) groups is 2. The van der Waals surface area contributed by atoms with E-state index in [4.69, 9.17) is 5.73 Å². The average molecular weight is 128 g/mol. The van der Waals surface area contributed by atoms with E-state index in [1.165, 1.54) is 0 Å². The molecule has 0 aromatic carbocycles. The minimum Gasteiger partial charge on any atom is -0.300 e. The molecule has 1 rings (SSSR count). The summed E-state index contributed by atoms with van der Waals surface area (Å²) in [5.41, 5.74) is 5.02. The van der Waals surface area contributed by atoms with Crippen molar-refractivity contribution in [2.24, 2.45) is 16.0 Å². The first kappa shape index (κ1) is 5.83. The number of azo groups is 1. The summed E-state index contributed by atoms with van der Waals surface area (Å²) in [6.45, 7) is 0. The lowest BCUT2D eigenvalue weighted by atomic mass is 10.5. The summed E-state index contributed by atoms with van der Waals surface area (Å²) >= 11 is 0. The summed E-state index contributed by atoms with van der Waals surface area (Å²) in [6.07, 6.45) is -1.03. The zero-order chi connectivity index (χ0) is 6.85. The number of nitrogens with zero attached hydrogens (tertiary/aromatic N) is 2. The standard InChI is InChI=1S/C3H4N4O2/c4-1-2(8)5-3(9)7-6-1/h1H,4H2,(H,5,8,9). The molecular formula is C3H4N4O2. The van der Waals surface area contributed by atoms with Crippen molar-refractivity contribution in [3.05, 3.63) is 0 Å². The van der Waals surface area contributed by atoms with Crippen LogP contribution in [0.15, 0.2) is 10.2 Å². The molecule has 1 heterocycles. The van der Waals surface area contributed by atoms with Crippen LogP contribution in [0.1, 0.15) is 0 Å². The van der Waals surface area contributed by atoms with Crippen molar-refractivity contribution >= 4 is 11.9 Å². The molecule has 1 unspecified atom stereocenters. The third-order valence-electron chi connectivity index (χ3n) is 0.772. The van der Waals surface area contributed by atoms with Crippen molar-refractivity contribution < 1.29 is 9.59 Å². The molecule has 0 saturated carbocycles. The second kappa shape index (κ2) is 1.90. The first-order valence-electron chi connectivity index (χ1n) is 2.21. The molecular weight excluding hydrogens is 124 g/mol. The van der Waals surface area contributed by atoms with Gasteiger partial charge in [0.05, 0.1) is 0 Å². The van der Waals surface area contributed by atoms with E-state index >= 15 is 0 Å². The fourth-order valence-corrected chi connectivity index (χ4v) is 0.371. The molecule has 0 aromatic heterocycles. The highest BCUT2D eigenvalue weighted by Crippen LogP contribution is 1.91. The van der Waals surface area contributed by atoms with Crippen molar-refractivity contribution in [3.8, 4) is 0 Å². The minimum atomic E-state index is -1.03. The molecule has 0 fully saturated rings. The van der Waals surface area contributed by atoms with Crippen LogP contribution in [-0.4, -0.2) is 18.1 Å². The van der Waals surface area contributed by atoms with Gasteiger partial charge in [0.15, 0.2) is 6.17 Å². The third-order valence-corrected chi connectivity index (χ3v) is 0.772. The molecule has 0 aliphatic carbocycles. The molecule has 9 heavy (non-hydrogen) atoms. The van der Waals surface area contributed by atoms with Gasteiger partial charge in [-0.1, -0.05) is 5.11 Å². The van der Waals surface area contributed by atoms with Crippen LogP contribution < -0.4 is 11.1 Å². The summed E-state index contributed by atoms with van der Waals surface area (Å²) in [5, 5.41) is 7.99. The van der Waals surface area contributed by atoms with Crippen LogP contribution in [0.4, 0.5) is 4.79 Å². The molecule has 48 valence electrons. The number of carbonyl (C=O) groups excluding carboxylic acids is 2. The molecule has 0 spiro atoms. The molecule has 1 aliphatic heterocycles. The van der Waals surface area contributed by atoms with Crippen LogP contribution in [0.25, 0.3) is 0 Å². The Morgan fingerprint density at radius 2 is 2.22 bits per heavy atom. The fraction of sp³-hybridized carbons (Fsp3) is 0.333. The monoisotopic (exact) mass is 128 g/mol. The first-order valence-corrected chi connectivity index (χ1v) is 2.21. The second-order valence-corrected chi connectivity index (χ2v) is 1.45. The molecule has 6 nitrogen and oxygen atoms in total. The van der Waals surface area contributed by atoms with Crippen LogP contribution in [0.3, 0.4) is 0 Å². The highest BCUT2D eigenvalue weighted by molar-refractivity contribution is 5.98. The molecule has 1 aliphatic rings. The van der Waals surface area contributed by atoms with Gasteiger partial charge in [0.2, 0.25) is 0 Å². The molecule has 0 saturated heterocycles. The third kappa shape index (κ3) is 1.08. The van der Waals surface area contributed by atoms with Gasteiger partial charge in [0.1, 0.15) is 0 Å². The average Bonchev–Trinajstić information content (AvgIpc) is 1.80. The maximum Gasteiger partial charge on any atom is 0.366 e. The van der Waals surface area contributed by atoms with Gasteiger partial charge in [-0.25, -0.2) is 4.79 Å². The van der Waals surface area contributed by atoms with E-state index in [9.17, 15) is 9.59 Å². The predicted molar refractivity (Wildman–Crippen MR) is 26.4 cm³/mol. The lowest BCUT2D eigenvalue weighted by Gasteiger charge is -2.06. The largest absolute Gasteiger partial charge is 0.366 e. The maximum atomic E-state index is 10.4. The minimum absolute atomic E-state index is 0.616. The number of amides is 3. The highest BCUT2D eigenvalue weighted by atomic mass is 16.2. The van der Waals surface area contributed by atoms with Crippen LogP contribution in [0.5, 0.6) is 0 Å². The van der Waals surface area contributed by atoms with Crippen molar-refractivity contribution in [1.82, 2.24) is 5.32 Å². The number of nitrogens with two attached hydrogens (primary N) is 1. The normalized spacial score (nSPS) is 26.1. The van der Waals surface area contributed by atoms with Crippen LogP contribution in [-0.2, 0) is 4.79 Å². The number of urea groups is 1. The van der Waals surface area contributed by atoms with Gasteiger partial charge in [-0.05, 0) is 0 Å². The zero-order valence-electron chi connectivity index (χ0n) is 4.37. The number of hydrogen-bond donors (Lipinski definition) is 2. The summed E-state index contributed by atoms with van der Waals surface area (Å²) in [5.74, 6) is -0.616. The Bertz CT molecular complexity index is 186. The number of hydrogen-bond acceptors (Lipinski definition) is 4. The van der Waals surface area contributed by atoms with Gasteiger partial charge in [0.25, 0.3) is 5.91 Å². The van der Waals surface area contributed by atoms with Gasteiger partial charge in [0, 0.05) is 0 Å². The predicted octanol–water partition coefficient (Wildman–Crippen LogP) is -1.03. The van der Waals surface area contributed by atoms with E-state index in [1.54, 1.807) is 0 Å². The Hall–Kier alpha value is -1.30. The van der Waals surface area contributed by atoms with Gasteiger partial charge >= 0.3 is 6.03 Å². The summed E-state index contributed by atoms with van der Waals surface area (Å²) in [7, 11) is 0. The van der Waals surface area contributed by atoms with Crippen LogP contribution >= 0.6 is 0 Å². The van der Waals surface area contributed by atoms with E-state index in [0.29, 0.717) is 0 Å². The van der Waals surface area contributed by atoms with Gasteiger partial charge in [-0.15, -0.1) is 0 Å². The zero-order valence-corrected chi connectivity index (χ0v) is 4.37. The van der Waals surface area contributed by atoms with Crippen molar-refractivity contribution in [3.63, 3.8) is 0 Å². The molecule has 1 atom stereocenters. The van der Waals surface area contributed by atoms with Gasteiger partial charge in [-0.2, -0.15) is 5.11 Å². The topological polar surface area (TPSA) is 96.9 Å². The van der Waals surface area contributed by atoms with Crippen molar-refractivity contribution in [2.75, 3.05) is 0 Å². The first-order chi connectivity index (χ1) is 4.20. The lowest BCUT2D eigenvalue weighted by molar-refractivity contribution is -0.121. The van der Waals surface area contributed by atoms with Crippen LogP contribution in [0, 0.1) is 0 Å². The molecule has 0 bridgehead atoms.